The van der Waals surface area contributed by atoms with Crippen LogP contribution in [0.1, 0.15) is 19.3 Å². The van der Waals surface area contributed by atoms with E-state index in [4.69, 9.17) is 9.84 Å². The molecule has 0 aliphatic heterocycles. The second kappa shape index (κ2) is 7.91. The number of hydrogen-bond acceptors (Lipinski definition) is 6. The molecule has 9 heteroatoms. The van der Waals surface area contributed by atoms with E-state index < -0.39 is 14.9 Å². The predicted octanol–water partition coefficient (Wildman–Crippen LogP) is 1.04. The summed E-state index contributed by atoms with van der Waals surface area (Å²) in [5, 5.41) is 19.3. The summed E-state index contributed by atoms with van der Waals surface area (Å²) >= 11 is 0. The molecule has 0 aliphatic carbocycles. The minimum atomic E-state index is -3.79. The van der Waals surface area contributed by atoms with Crippen LogP contribution in [0, 0.1) is 10.1 Å². The number of sulfonamides is 1. The average molecular weight is 318 g/mol. The molecule has 118 valence electrons. The van der Waals surface area contributed by atoms with Crippen molar-refractivity contribution in [3.63, 3.8) is 0 Å². The molecule has 1 aromatic rings. The maximum atomic E-state index is 12.1. The molecule has 0 bridgehead atoms. The van der Waals surface area contributed by atoms with E-state index in [0.29, 0.717) is 19.3 Å². The molecule has 0 radical (unpaired) electrons. The molecule has 0 fully saturated rings. The number of rotatable bonds is 9. The summed E-state index contributed by atoms with van der Waals surface area (Å²) in [5.41, 5.74) is -0.242. The number of nitro benzene ring substituents is 1. The Hall–Kier alpha value is -1.71. The molecule has 0 aliphatic rings. The zero-order chi connectivity index (χ0) is 15.9. The van der Waals surface area contributed by atoms with Gasteiger partial charge in [-0.15, -0.1) is 0 Å². The Morgan fingerprint density at radius 3 is 2.62 bits per heavy atom. The van der Waals surface area contributed by atoms with E-state index in [-0.39, 0.29) is 29.5 Å². The van der Waals surface area contributed by atoms with E-state index in [1.807, 2.05) is 0 Å². The van der Waals surface area contributed by atoms with Gasteiger partial charge < -0.3 is 9.84 Å². The lowest BCUT2D eigenvalue weighted by Gasteiger charge is -2.10. The lowest BCUT2D eigenvalue weighted by atomic mass is 10.2. The van der Waals surface area contributed by atoms with E-state index in [0.717, 1.165) is 18.2 Å². The highest BCUT2D eigenvalue weighted by atomic mass is 32.2. The van der Waals surface area contributed by atoms with Crippen molar-refractivity contribution < 1.29 is 23.2 Å². The third-order valence-electron chi connectivity index (χ3n) is 2.77. The second-order valence-corrected chi connectivity index (χ2v) is 6.01. The highest BCUT2D eigenvalue weighted by Gasteiger charge is 2.21. The Balaban J connectivity index is 2.85. The standard InChI is InChI=1S/C12H18N2O6S/c1-20-11-9-10(14(16)17)5-6-12(11)21(18,19)13-7-3-2-4-8-15/h5-6,9,13,15H,2-4,7-8H2,1H3. The van der Waals surface area contributed by atoms with Gasteiger partial charge in [0.05, 0.1) is 18.1 Å². The van der Waals surface area contributed by atoms with Crippen molar-refractivity contribution in [3.05, 3.63) is 28.3 Å². The van der Waals surface area contributed by atoms with Crippen LogP contribution in [-0.2, 0) is 10.0 Å². The third-order valence-corrected chi connectivity index (χ3v) is 4.27. The number of hydrogen-bond donors (Lipinski definition) is 2. The molecule has 8 nitrogen and oxygen atoms in total. The molecule has 0 amide bonds. The zero-order valence-electron chi connectivity index (χ0n) is 11.6. The summed E-state index contributed by atoms with van der Waals surface area (Å²) in [7, 11) is -2.54. The highest BCUT2D eigenvalue weighted by molar-refractivity contribution is 7.89. The van der Waals surface area contributed by atoms with Crippen molar-refractivity contribution in [2.45, 2.75) is 24.2 Å². The number of nitro groups is 1. The predicted molar refractivity (Wildman–Crippen MR) is 75.8 cm³/mol. The van der Waals surface area contributed by atoms with Gasteiger partial charge in [-0.1, -0.05) is 0 Å². The van der Waals surface area contributed by atoms with Gasteiger partial charge in [0.25, 0.3) is 5.69 Å². The van der Waals surface area contributed by atoms with E-state index in [2.05, 4.69) is 4.72 Å². The Morgan fingerprint density at radius 2 is 2.05 bits per heavy atom. The van der Waals surface area contributed by atoms with Gasteiger partial charge in [0.15, 0.2) is 0 Å². The molecule has 1 rings (SSSR count). The number of benzene rings is 1. The lowest BCUT2D eigenvalue weighted by molar-refractivity contribution is -0.385. The first kappa shape index (κ1) is 17.3. The average Bonchev–Trinajstić information content (AvgIpc) is 2.46. The number of non-ortho nitro benzene ring substituents is 1. The van der Waals surface area contributed by atoms with Crippen LogP contribution >= 0.6 is 0 Å². The largest absolute Gasteiger partial charge is 0.495 e. The molecule has 2 N–H and O–H groups in total. The monoisotopic (exact) mass is 318 g/mol. The van der Waals surface area contributed by atoms with Crippen LogP contribution in [0.4, 0.5) is 5.69 Å². The number of nitrogens with zero attached hydrogens (tertiary/aromatic N) is 1. The zero-order valence-corrected chi connectivity index (χ0v) is 12.4. The number of aliphatic hydroxyl groups excluding tert-OH is 1. The Bertz CT molecular complexity index is 587. The molecule has 0 heterocycles. The molecule has 21 heavy (non-hydrogen) atoms. The van der Waals surface area contributed by atoms with Gasteiger partial charge >= 0.3 is 0 Å². The SMILES string of the molecule is COc1cc([N+](=O)[O-])ccc1S(=O)(=O)NCCCCCO. The number of nitrogens with one attached hydrogen (secondary N) is 1. The number of ether oxygens (including phenoxy) is 1. The van der Waals surface area contributed by atoms with E-state index in [9.17, 15) is 18.5 Å². The molecular weight excluding hydrogens is 300 g/mol. The minimum Gasteiger partial charge on any atom is -0.495 e. The first-order chi connectivity index (χ1) is 9.92. The molecule has 1 aromatic carbocycles. The van der Waals surface area contributed by atoms with Crippen molar-refractivity contribution in [2.75, 3.05) is 20.3 Å². The maximum absolute atomic E-state index is 12.1. The van der Waals surface area contributed by atoms with Crippen molar-refractivity contribution in [3.8, 4) is 5.75 Å². The van der Waals surface area contributed by atoms with Crippen LogP contribution in [0.3, 0.4) is 0 Å². The van der Waals surface area contributed by atoms with Crippen LogP contribution < -0.4 is 9.46 Å². The normalized spacial score (nSPS) is 11.3. The van der Waals surface area contributed by atoms with Gasteiger partial charge in [-0.05, 0) is 25.3 Å². The fraction of sp³-hybridized carbons (Fsp3) is 0.500. The summed E-state index contributed by atoms with van der Waals surface area (Å²) in [6, 6.07) is 3.33. The molecule has 0 saturated carbocycles. The van der Waals surface area contributed by atoms with Crippen LogP contribution in [0.25, 0.3) is 0 Å². The smallest absolute Gasteiger partial charge is 0.273 e. The fourth-order valence-electron chi connectivity index (χ4n) is 1.69. The molecular formula is C12H18N2O6S. The summed E-state index contributed by atoms with van der Waals surface area (Å²) in [6.45, 7) is 0.297. The topological polar surface area (TPSA) is 119 Å². The number of methoxy groups -OCH3 is 1. The van der Waals surface area contributed by atoms with Gasteiger partial charge in [-0.2, -0.15) is 0 Å². The van der Waals surface area contributed by atoms with Crippen LogP contribution in [0.15, 0.2) is 23.1 Å². The lowest BCUT2D eigenvalue weighted by Crippen LogP contribution is -2.25. The number of aliphatic hydroxyl groups is 1. The van der Waals surface area contributed by atoms with Gasteiger partial charge in [0, 0.05) is 19.2 Å². The van der Waals surface area contributed by atoms with Crippen molar-refractivity contribution in [1.82, 2.24) is 4.72 Å². The van der Waals surface area contributed by atoms with Crippen LogP contribution in [-0.4, -0.2) is 38.7 Å². The first-order valence-corrected chi connectivity index (χ1v) is 7.83. The van der Waals surface area contributed by atoms with E-state index >= 15 is 0 Å². The Morgan fingerprint density at radius 1 is 1.33 bits per heavy atom. The molecule has 0 spiro atoms. The van der Waals surface area contributed by atoms with Crippen LogP contribution in [0.2, 0.25) is 0 Å². The summed E-state index contributed by atoms with van der Waals surface area (Å²) in [6.07, 6.45) is 1.91. The summed E-state index contributed by atoms with van der Waals surface area (Å²) in [5.74, 6) is -0.0768. The van der Waals surface area contributed by atoms with Gasteiger partial charge in [0.2, 0.25) is 10.0 Å². The van der Waals surface area contributed by atoms with Crippen molar-refractivity contribution in [1.29, 1.82) is 0 Å². The van der Waals surface area contributed by atoms with E-state index in [1.165, 1.54) is 7.11 Å². The van der Waals surface area contributed by atoms with Crippen LogP contribution in [0.5, 0.6) is 5.75 Å². The Kier molecular flexibility index (Phi) is 6.53. The third kappa shape index (κ3) is 4.96. The van der Waals surface area contributed by atoms with Gasteiger partial charge in [0.1, 0.15) is 10.6 Å². The van der Waals surface area contributed by atoms with Crippen molar-refractivity contribution in [2.24, 2.45) is 0 Å². The highest BCUT2D eigenvalue weighted by Crippen LogP contribution is 2.28. The quantitative estimate of drug-likeness (QED) is 0.399. The first-order valence-electron chi connectivity index (χ1n) is 6.35. The molecule has 0 unspecified atom stereocenters. The maximum Gasteiger partial charge on any atom is 0.273 e. The minimum absolute atomic E-state index is 0.0723. The fourth-order valence-corrected chi connectivity index (χ4v) is 2.91. The second-order valence-electron chi connectivity index (χ2n) is 4.27. The van der Waals surface area contributed by atoms with Gasteiger partial charge in [-0.3, -0.25) is 10.1 Å². The van der Waals surface area contributed by atoms with Gasteiger partial charge in [-0.25, -0.2) is 13.1 Å². The molecule has 0 atom stereocenters. The summed E-state index contributed by atoms with van der Waals surface area (Å²) < 4.78 is 31.5. The summed E-state index contributed by atoms with van der Waals surface area (Å²) in [4.78, 5) is 9.90. The molecule has 0 saturated heterocycles. The van der Waals surface area contributed by atoms with E-state index in [1.54, 1.807) is 0 Å². The molecule has 0 aromatic heterocycles. The number of unbranched alkanes of at least 4 members (excludes halogenated alkanes) is 2. The Labute approximate surface area is 122 Å². The van der Waals surface area contributed by atoms with Crippen molar-refractivity contribution >= 4 is 15.7 Å².